The summed E-state index contributed by atoms with van der Waals surface area (Å²) in [5.41, 5.74) is 0. The molecule has 34 N–H and O–H groups in total. The Kier molecular flexibility index (Phi) is 40.0. The molecule has 10 aliphatic heterocycles. The van der Waals surface area contributed by atoms with Crippen LogP contribution in [0.3, 0.4) is 0 Å². The molecule has 60 nitrogen and oxygen atoms in total. The van der Waals surface area contributed by atoms with E-state index in [0.29, 0.717) is 0 Å². The molecular formula is C75H124N6O54. The van der Waals surface area contributed by atoms with Gasteiger partial charge < -0.3 is 265 Å². The van der Waals surface area contributed by atoms with Crippen molar-refractivity contribution in [3.05, 3.63) is 0 Å². The van der Waals surface area contributed by atoms with E-state index in [-0.39, 0.29) is 0 Å². The summed E-state index contributed by atoms with van der Waals surface area (Å²) in [7, 11) is 0. The number of ether oxygens (including phenoxy) is 19. The van der Waals surface area contributed by atoms with E-state index < -0.39 is 426 Å². The molecule has 10 aliphatic rings. The van der Waals surface area contributed by atoms with Crippen LogP contribution in [0.4, 0.5) is 0 Å². The second-order valence-electron chi connectivity index (χ2n) is 33.9. The SMILES string of the molecule is CC(=O)N[C@H]1[C@H](O[C@H]2[C@H](O)[C@@H](NC(C)=O)C(O)O[C@@H]2CO)O[C@H](CO)[C@@H](O[C@@H]2O[C@H](CO[C@H]3O[C@H](CO)[C@@H](O)[C@H](O)[C@@H]3O[C@@H]3O[C@H](CO)[C@@H](O[C@@H]4O[C@H](CO[C@]5(C(=O)O)C[C@H](O)[C@@H](NC(C)=O)[C@H]([C@H](O)[C@H](O)CO)O5)[C@H](O)[C@H](O)[C@H]4O)[C@H](O)[C@H]3NC(C)=O)[C@@H](O)[C@H](O[C@H]3O[C@H](CO)[C@@H](O)[C@H](O)[C@@H]3O[C@@H]3O[C@H](CO)[C@@H](O[C@@H]4O[C@H](CO)[C@H](O)[C@H](O)[C@H]4NC(C)=O)[C@H](O)[C@H]3NC(C)=O)[C@@H]2O)[C@@H]1O. The number of carboxylic acid groups (broad SMARTS) is 1. The Labute approximate surface area is 764 Å². The fraction of sp³-hybridized carbons (Fsp3) is 0.907. The van der Waals surface area contributed by atoms with E-state index in [9.17, 15) is 177 Å². The van der Waals surface area contributed by atoms with Crippen LogP contribution in [0, 0.1) is 0 Å². The van der Waals surface area contributed by atoms with Gasteiger partial charge in [0.05, 0.1) is 78.2 Å². The van der Waals surface area contributed by atoms with Crippen LogP contribution in [0.15, 0.2) is 0 Å². The zero-order valence-corrected chi connectivity index (χ0v) is 72.8. The minimum Gasteiger partial charge on any atom is -0.477 e. The lowest BCUT2D eigenvalue weighted by atomic mass is 9.88. The lowest BCUT2D eigenvalue weighted by molar-refractivity contribution is -0.398. The third-order valence-corrected chi connectivity index (χ3v) is 24.3. The molecule has 0 spiro atoms. The summed E-state index contributed by atoms with van der Waals surface area (Å²) in [5.74, 6) is -10.7. The first-order valence-corrected chi connectivity index (χ1v) is 42.7. The largest absolute Gasteiger partial charge is 0.477 e. The second kappa shape index (κ2) is 48.5. The van der Waals surface area contributed by atoms with Crippen LogP contribution in [-0.4, -0.2) is 563 Å². The summed E-state index contributed by atoms with van der Waals surface area (Å²) < 4.78 is 113. The van der Waals surface area contributed by atoms with Crippen LogP contribution < -0.4 is 31.9 Å². The summed E-state index contributed by atoms with van der Waals surface area (Å²) >= 11 is 0. The van der Waals surface area contributed by atoms with Crippen LogP contribution in [0.25, 0.3) is 0 Å². The highest BCUT2D eigenvalue weighted by Crippen LogP contribution is 2.42. The molecule has 10 fully saturated rings. The second-order valence-corrected chi connectivity index (χ2v) is 33.9. The Morgan fingerprint density at radius 3 is 1.01 bits per heavy atom. The van der Waals surface area contributed by atoms with Crippen molar-refractivity contribution >= 4 is 41.4 Å². The van der Waals surface area contributed by atoms with Gasteiger partial charge in [0.25, 0.3) is 5.79 Å². The number of rotatable bonds is 37. The molecule has 778 valence electrons. The van der Waals surface area contributed by atoms with Crippen LogP contribution in [0.5, 0.6) is 0 Å². The first kappa shape index (κ1) is 111. The van der Waals surface area contributed by atoms with Crippen molar-refractivity contribution in [2.75, 3.05) is 66.1 Å². The maximum Gasteiger partial charge on any atom is 0.364 e. The fourth-order valence-corrected chi connectivity index (χ4v) is 17.3. The van der Waals surface area contributed by atoms with Gasteiger partial charge >= 0.3 is 5.97 Å². The molecular weight excluding hydrogens is 1850 g/mol. The average Bonchev–Trinajstić information content (AvgIpc) is 0.765. The van der Waals surface area contributed by atoms with Crippen molar-refractivity contribution in [1.29, 1.82) is 0 Å². The van der Waals surface area contributed by atoms with Crippen molar-refractivity contribution in [3.63, 3.8) is 0 Å². The molecule has 60 heteroatoms. The van der Waals surface area contributed by atoms with Crippen molar-refractivity contribution in [2.24, 2.45) is 0 Å². The lowest BCUT2D eigenvalue weighted by Gasteiger charge is -2.51. The van der Waals surface area contributed by atoms with Crippen molar-refractivity contribution in [2.45, 2.75) is 360 Å². The smallest absolute Gasteiger partial charge is 0.364 e. The summed E-state index contributed by atoms with van der Waals surface area (Å²) in [6.07, 6.45) is -97.0. The molecule has 0 aromatic carbocycles. The predicted octanol–water partition coefficient (Wildman–Crippen LogP) is -22.7. The first-order valence-electron chi connectivity index (χ1n) is 42.7. The average molecular weight is 1970 g/mol. The van der Waals surface area contributed by atoms with Gasteiger partial charge in [0.2, 0.25) is 35.4 Å². The van der Waals surface area contributed by atoms with Gasteiger partial charge in [0.15, 0.2) is 56.6 Å². The number of aliphatic hydroxyl groups excluding tert-OH is 27. The molecule has 1 unspecified atom stereocenters. The van der Waals surface area contributed by atoms with Gasteiger partial charge in [-0.3, -0.25) is 28.8 Å². The molecule has 10 saturated heterocycles. The number of carboxylic acids is 1. The number of hydrogen-bond donors (Lipinski definition) is 34. The quantitative estimate of drug-likeness (QED) is 0.0275. The van der Waals surface area contributed by atoms with E-state index in [1.54, 1.807) is 0 Å². The Balaban J connectivity index is 0.959. The molecule has 10 heterocycles. The van der Waals surface area contributed by atoms with E-state index in [2.05, 4.69) is 31.9 Å². The maximum atomic E-state index is 13.2. The minimum atomic E-state index is -3.10. The monoisotopic (exact) mass is 1970 g/mol. The van der Waals surface area contributed by atoms with E-state index >= 15 is 0 Å². The number of aliphatic carboxylic acids is 1. The van der Waals surface area contributed by atoms with Crippen LogP contribution in [0.2, 0.25) is 0 Å². The fourth-order valence-electron chi connectivity index (χ4n) is 17.3. The van der Waals surface area contributed by atoms with E-state index in [4.69, 9.17) is 90.0 Å². The van der Waals surface area contributed by atoms with E-state index in [1.807, 2.05) is 0 Å². The Morgan fingerprint density at radius 2 is 0.607 bits per heavy atom. The normalized spacial score (nSPS) is 46.4. The number of nitrogens with one attached hydrogen (secondary N) is 6. The maximum absolute atomic E-state index is 13.2. The van der Waals surface area contributed by atoms with Gasteiger partial charge in [-0.2, -0.15) is 0 Å². The summed E-state index contributed by atoms with van der Waals surface area (Å²) in [5, 5.41) is 329. The molecule has 0 aromatic heterocycles. The van der Waals surface area contributed by atoms with Crippen molar-refractivity contribution in [1.82, 2.24) is 31.9 Å². The van der Waals surface area contributed by atoms with Gasteiger partial charge in [-0.05, 0) is 0 Å². The van der Waals surface area contributed by atoms with Crippen LogP contribution in [0.1, 0.15) is 48.0 Å². The van der Waals surface area contributed by atoms with Gasteiger partial charge in [0, 0.05) is 48.0 Å². The molecule has 0 radical (unpaired) electrons. The number of aliphatic hydroxyl groups is 27. The number of hydrogen-bond acceptors (Lipinski definition) is 53. The standard InChI is InChI=1S/C75H124N6O54/c1-18(90)76-35-24(96)7-75(74(115)116,135-61(35)41(98)25(97)8-82)118-17-34-45(102)52(109)55(112)70(127-34)130-59-31(14-88)125-68(40(51(59)108)81-23(6)95)133-63-53(110)43(100)27(10-84)121-72(63)117-16-33-46(103)62(56(113)71(126-33)131-60-32(15-89)123-67(38(50(60)107)79-21(4)93)128-57-29(12-86)119-65(114)36(48(57)105)77-19(2)91)132-73-64(54(111)44(101)28(11-85)122-73)134-69-39(80-22(5)94)49(106)58(30(13-87)124-69)129-66-37(78-20(3)92)47(104)42(99)26(9-83)120-66/h24-73,82-89,96-114H,7-17H2,1-6H3,(H,76,90)(H,77,91)(H,78,92)(H,79,93)(H,80,94)(H,81,95)(H,115,116)/t24-,25+,26+,27+,28+,29+,30+,31+,32+,33+,34+,35+,36+,37+,38+,39+,40+,41+,42-,43+,44+,45-,46+,47+,48+,49+,50+,51+,52-,53-,54-,55+,56-,57+,58+,59+,60+,61+,62-,63-,64-,65?,66-,67-,68-,69-,70-,71-,72-,73+,75+/m0/s1. The van der Waals surface area contributed by atoms with Crippen molar-refractivity contribution < 1.29 is 267 Å². The van der Waals surface area contributed by atoms with Crippen LogP contribution >= 0.6 is 0 Å². The van der Waals surface area contributed by atoms with E-state index in [1.165, 1.54) is 0 Å². The third kappa shape index (κ3) is 25.2. The summed E-state index contributed by atoms with van der Waals surface area (Å²) in [6.45, 7) is -6.18. The highest BCUT2D eigenvalue weighted by Gasteiger charge is 2.63. The first-order chi connectivity index (χ1) is 63.7. The summed E-state index contributed by atoms with van der Waals surface area (Å²) in [6, 6.07) is -11.1. The van der Waals surface area contributed by atoms with Gasteiger partial charge in [-0.1, -0.05) is 0 Å². The number of carbonyl (C=O) groups is 7. The van der Waals surface area contributed by atoms with Crippen LogP contribution in [-0.2, 0) is 124 Å². The Hall–Kier alpha value is -5.55. The molecule has 51 atom stereocenters. The van der Waals surface area contributed by atoms with Gasteiger partial charge in [-0.15, -0.1) is 0 Å². The van der Waals surface area contributed by atoms with Gasteiger partial charge in [-0.25, -0.2) is 4.79 Å². The highest BCUT2D eigenvalue weighted by molar-refractivity contribution is 5.77. The Morgan fingerprint density at radius 1 is 0.304 bits per heavy atom. The lowest BCUT2D eigenvalue weighted by Crippen LogP contribution is -2.71. The Bertz CT molecular complexity index is 3820. The highest BCUT2D eigenvalue weighted by atomic mass is 16.8. The molecule has 0 bridgehead atoms. The van der Waals surface area contributed by atoms with E-state index in [0.717, 1.165) is 41.5 Å². The molecule has 0 saturated carbocycles. The zero-order chi connectivity index (χ0) is 99.9. The minimum absolute atomic E-state index is 0.816. The predicted molar refractivity (Wildman–Crippen MR) is 416 cm³/mol. The van der Waals surface area contributed by atoms with Gasteiger partial charge in [0.1, 0.15) is 238 Å². The topological polar surface area (TPSA) is 933 Å². The molecule has 0 aromatic rings. The zero-order valence-electron chi connectivity index (χ0n) is 72.8. The third-order valence-electron chi connectivity index (χ3n) is 24.3. The van der Waals surface area contributed by atoms with Crippen molar-refractivity contribution in [3.8, 4) is 0 Å². The molecule has 10 rings (SSSR count). The number of carbonyl (C=O) groups excluding carboxylic acids is 6. The molecule has 135 heavy (non-hydrogen) atoms. The molecule has 0 aliphatic carbocycles. The number of amides is 6. The molecule has 6 amide bonds. The summed E-state index contributed by atoms with van der Waals surface area (Å²) in [4.78, 5) is 89.3.